The third-order valence-electron chi connectivity index (χ3n) is 2.78. The Kier molecular flexibility index (Phi) is 6.14. The molecule has 1 aromatic rings. The smallest absolute Gasteiger partial charge is 0.0409 e. The zero-order valence-corrected chi connectivity index (χ0v) is 10.8. The molecule has 0 spiro atoms. The molecular formula is C12H18Cl2N2. The molecule has 90 valence electrons. The molecule has 16 heavy (non-hydrogen) atoms. The Morgan fingerprint density at radius 1 is 1.44 bits per heavy atom. The first kappa shape index (κ1) is 13.8. The zero-order chi connectivity index (χ0) is 10.5. The van der Waals surface area contributed by atoms with Crippen LogP contribution in [-0.2, 0) is 6.54 Å². The van der Waals surface area contributed by atoms with Gasteiger partial charge in [0.2, 0.25) is 0 Å². The summed E-state index contributed by atoms with van der Waals surface area (Å²) in [5, 5.41) is 7.75. The van der Waals surface area contributed by atoms with Crippen LogP contribution in [0.5, 0.6) is 0 Å². The van der Waals surface area contributed by atoms with Gasteiger partial charge in [-0.3, -0.25) is 0 Å². The van der Waals surface area contributed by atoms with Crippen molar-refractivity contribution in [2.24, 2.45) is 0 Å². The van der Waals surface area contributed by atoms with Gasteiger partial charge in [0.25, 0.3) is 0 Å². The fraction of sp³-hybridized carbons (Fsp3) is 0.500. The highest BCUT2D eigenvalue weighted by molar-refractivity contribution is 6.30. The predicted molar refractivity (Wildman–Crippen MR) is 71.4 cm³/mol. The Morgan fingerprint density at radius 2 is 2.31 bits per heavy atom. The summed E-state index contributed by atoms with van der Waals surface area (Å²) in [6.07, 6.45) is 2.54. The first-order valence-electron chi connectivity index (χ1n) is 5.53. The SMILES string of the molecule is Cl.Clc1cccc(CNC2CCCNC2)c1. The minimum absolute atomic E-state index is 0. The minimum Gasteiger partial charge on any atom is -0.315 e. The molecule has 0 bridgehead atoms. The lowest BCUT2D eigenvalue weighted by Crippen LogP contribution is -2.42. The van der Waals surface area contributed by atoms with Crippen LogP contribution in [0.25, 0.3) is 0 Å². The Balaban J connectivity index is 0.00000128. The van der Waals surface area contributed by atoms with E-state index in [9.17, 15) is 0 Å². The molecule has 4 heteroatoms. The van der Waals surface area contributed by atoms with E-state index in [4.69, 9.17) is 11.6 Å². The van der Waals surface area contributed by atoms with Crippen LogP contribution in [0.3, 0.4) is 0 Å². The second-order valence-corrected chi connectivity index (χ2v) is 4.49. The fourth-order valence-corrected chi connectivity index (χ4v) is 2.15. The number of piperidine rings is 1. The molecule has 0 radical (unpaired) electrons. The maximum Gasteiger partial charge on any atom is 0.0409 e. The van der Waals surface area contributed by atoms with Gasteiger partial charge >= 0.3 is 0 Å². The van der Waals surface area contributed by atoms with Crippen molar-refractivity contribution in [3.63, 3.8) is 0 Å². The van der Waals surface area contributed by atoms with Crippen molar-refractivity contribution in [3.05, 3.63) is 34.9 Å². The first-order valence-corrected chi connectivity index (χ1v) is 5.91. The summed E-state index contributed by atoms with van der Waals surface area (Å²) in [5.41, 5.74) is 1.26. The molecule has 1 aliphatic heterocycles. The molecule has 0 saturated carbocycles. The standard InChI is InChI=1S/C12H17ClN2.ClH/c13-11-4-1-3-10(7-11)8-15-12-5-2-6-14-9-12;/h1,3-4,7,12,14-15H,2,5-6,8-9H2;1H. The van der Waals surface area contributed by atoms with Crippen LogP contribution in [0.15, 0.2) is 24.3 Å². The van der Waals surface area contributed by atoms with Crippen molar-refractivity contribution in [3.8, 4) is 0 Å². The molecule has 1 aromatic carbocycles. The van der Waals surface area contributed by atoms with Gasteiger partial charge in [-0.25, -0.2) is 0 Å². The van der Waals surface area contributed by atoms with E-state index in [1.165, 1.54) is 18.4 Å². The van der Waals surface area contributed by atoms with Gasteiger partial charge < -0.3 is 10.6 Å². The second kappa shape index (κ2) is 7.13. The lowest BCUT2D eigenvalue weighted by molar-refractivity contribution is 0.389. The normalized spacial score (nSPS) is 20.2. The molecule has 1 atom stereocenters. The van der Waals surface area contributed by atoms with Crippen LogP contribution in [0.1, 0.15) is 18.4 Å². The van der Waals surface area contributed by atoms with Crippen molar-refractivity contribution < 1.29 is 0 Å². The van der Waals surface area contributed by atoms with E-state index in [0.717, 1.165) is 24.7 Å². The third-order valence-corrected chi connectivity index (χ3v) is 3.02. The molecule has 0 amide bonds. The lowest BCUT2D eigenvalue weighted by Gasteiger charge is -2.23. The van der Waals surface area contributed by atoms with Gasteiger partial charge in [0.1, 0.15) is 0 Å². The van der Waals surface area contributed by atoms with Crippen LogP contribution in [-0.4, -0.2) is 19.1 Å². The van der Waals surface area contributed by atoms with Crippen LogP contribution < -0.4 is 10.6 Å². The monoisotopic (exact) mass is 260 g/mol. The highest BCUT2D eigenvalue weighted by Crippen LogP contribution is 2.11. The van der Waals surface area contributed by atoms with Crippen molar-refractivity contribution in [2.75, 3.05) is 13.1 Å². The van der Waals surface area contributed by atoms with Crippen LogP contribution in [0.2, 0.25) is 5.02 Å². The van der Waals surface area contributed by atoms with Crippen molar-refractivity contribution in [1.82, 2.24) is 10.6 Å². The van der Waals surface area contributed by atoms with Crippen LogP contribution >= 0.6 is 24.0 Å². The minimum atomic E-state index is 0. The largest absolute Gasteiger partial charge is 0.315 e. The second-order valence-electron chi connectivity index (χ2n) is 4.05. The quantitative estimate of drug-likeness (QED) is 0.874. The molecule has 1 saturated heterocycles. The van der Waals surface area contributed by atoms with Gasteiger partial charge in [-0.15, -0.1) is 12.4 Å². The van der Waals surface area contributed by atoms with E-state index in [-0.39, 0.29) is 12.4 Å². The Bertz CT molecular complexity index is 312. The molecule has 1 unspecified atom stereocenters. The van der Waals surface area contributed by atoms with E-state index in [1.807, 2.05) is 18.2 Å². The van der Waals surface area contributed by atoms with Gasteiger partial charge in [-0.1, -0.05) is 23.7 Å². The average molecular weight is 261 g/mol. The summed E-state index contributed by atoms with van der Waals surface area (Å²) in [5.74, 6) is 0. The van der Waals surface area contributed by atoms with Gasteiger partial charge in [0, 0.05) is 24.2 Å². The molecule has 0 aliphatic carbocycles. The molecule has 1 aliphatic rings. The predicted octanol–water partition coefficient (Wildman–Crippen LogP) is 2.60. The molecule has 0 aromatic heterocycles. The zero-order valence-electron chi connectivity index (χ0n) is 9.21. The highest BCUT2D eigenvalue weighted by atomic mass is 35.5. The molecular weight excluding hydrogens is 243 g/mol. The van der Waals surface area contributed by atoms with Gasteiger partial charge in [0.05, 0.1) is 0 Å². The number of benzene rings is 1. The maximum atomic E-state index is 5.93. The number of hydrogen-bond donors (Lipinski definition) is 2. The van der Waals surface area contributed by atoms with E-state index in [2.05, 4.69) is 16.7 Å². The van der Waals surface area contributed by atoms with Gasteiger partial charge in [0.15, 0.2) is 0 Å². The summed E-state index contributed by atoms with van der Waals surface area (Å²) in [6, 6.07) is 8.64. The maximum absolute atomic E-state index is 5.93. The Morgan fingerprint density at radius 3 is 3.00 bits per heavy atom. The molecule has 2 N–H and O–H groups in total. The number of halogens is 2. The van der Waals surface area contributed by atoms with Gasteiger partial charge in [-0.2, -0.15) is 0 Å². The Hall–Kier alpha value is -0.280. The lowest BCUT2D eigenvalue weighted by atomic mass is 10.1. The number of rotatable bonds is 3. The summed E-state index contributed by atoms with van der Waals surface area (Å²) >= 11 is 5.93. The molecule has 1 heterocycles. The number of nitrogens with one attached hydrogen (secondary N) is 2. The number of hydrogen-bond acceptors (Lipinski definition) is 2. The third kappa shape index (κ3) is 4.30. The van der Waals surface area contributed by atoms with E-state index in [0.29, 0.717) is 6.04 Å². The molecule has 2 nitrogen and oxygen atoms in total. The molecule has 1 fully saturated rings. The van der Waals surface area contributed by atoms with Gasteiger partial charge in [-0.05, 0) is 37.1 Å². The van der Waals surface area contributed by atoms with Crippen molar-refractivity contribution in [2.45, 2.75) is 25.4 Å². The van der Waals surface area contributed by atoms with Crippen LogP contribution in [0.4, 0.5) is 0 Å². The topological polar surface area (TPSA) is 24.1 Å². The van der Waals surface area contributed by atoms with Crippen molar-refractivity contribution >= 4 is 24.0 Å². The first-order chi connectivity index (χ1) is 7.34. The summed E-state index contributed by atoms with van der Waals surface area (Å²) in [7, 11) is 0. The summed E-state index contributed by atoms with van der Waals surface area (Å²) < 4.78 is 0. The summed E-state index contributed by atoms with van der Waals surface area (Å²) in [6.45, 7) is 3.16. The average Bonchev–Trinajstić information content (AvgIpc) is 2.28. The summed E-state index contributed by atoms with van der Waals surface area (Å²) in [4.78, 5) is 0. The van der Waals surface area contributed by atoms with Crippen LogP contribution in [0, 0.1) is 0 Å². The fourth-order valence-electron chi connectivity index (χ4n) is 1.94. The van der Waals surface area contributed by atoms with E-state index in [1.54, 1.807) is 0 Å². The van der Waals surface area contributed by atoms with E-state index < -0.39 is 0 Å². The molecule has 2 rings (SSSR count). The highest BCUT2D eigenvalue weighted by Gasteiger charge is 2.11. The van der Waals surface area contributed by atoms with E-state index >= 15 is 0 Å². The Labute approximate surface area is 108 Å². The van der Waals surface area contributed by atoms with Crippen molar-refractivity contribution in [1.29, 1.82) is 0 Å².